The summed E-state index contributed by atoms with van der Waals surface area (Å²) in [6.45, 7) is 4.24. The number of piperazine rings is 1. The molecule has 1 amide bonds. The van der Waals surface area contributed by atoms with Crippen molar-refractivity contribution in [3.05, 3.63) is 65.2 Å². The lowest BCUT2D eigenvalue weighted by Crippen LogP contribution is -2.49. The number of amides is 1. The van der Waals surface area contributed by atoms with Crippen LogP contribution < -0.4 is 4.74 Å². The zero-order chi connectivity index (χ0) is 16.8. The molecule has 24 heavy (non-hydrogen) atoms. The molecule has 0 aliphatic carbocycles. The molecule has 0 aromatic heterocycles. The number of rotatable bonds is 5. The van der Waals surface area contributed by atoms with Gasteiger partial charge < -0.3 is 9.64 Å². The van der Waals surface area contributed by atoms with Gasteiger partial charge >= 0.3 is 0 Å². The Morgan fingerprint density at radius 1 is 1.00 bits per heavy atom. The second-order valence-electron chi connectivity index (χ2n) is 5.89. The molecule has 0 unspecified atom stereocenters. The fraction of sp³-hybridized carbons (Fsp3) is 0.316. The Hall–Kier alpha value is -2.04. The van der Waals surface area contributed by atoms with E-state index in [4.69, 9.17) is 16.3 Å². The third kappa shape index (κ3) is 4.73. The Morgan fingerprint density at radius 2 is 1.75 bits per heavy atom. The maximum atomic E-state index is 12.3. The molecule has 2 aromatic rings. The number of halogens is 1. The molecule has 0 spiro atoms. The highest BCUT2D eigenvalue weighted by Gasteiger charge is 2.21. The summed E-state index contributed by atoms with van der Waals surface area (Å²) in [5, 5.41) is 0.606. The summed E-state index contributed by atoms with van der Waals surface area (Å²) >= 11 is 5.91. The van der Waals surface area contributed by atoms with Crippen molar-refractivity contribution in [2.24, 2.45) is 0 Å². The van der Waals surface area contributed by atoms with Crippen molar-refractivity contribution in [2.75, 3.05) is 32.8 Å². The Bertz CT molecular complexity index is 670. The Labute approximate surface area is 147 Å². The van der Waals surface area contributed by atoms with Gasteiger partial charge in [0.25, 0.3) is 5.91 Å². The van der Waals surface area contributed by atoms with Crippen LogP contribution in [0.3, 0.4) is 0 Å². The fourth-order valence-electron chi connectivity index (χ4n) is 2.79. The van der Waals surface area contributed by atoms with Gasteiger partial charge in [0.15, 0.2) is 6.61 Å². The largest absolute Gasteiger partial charge is 0.484 e. The first kappa shape index (κ1) is 16.8. The van der Waals surface area contributed by atoms with E-state index >= 15 is 0 Å². The van der Waals surface area contributed by atoms with E-state index in [0.29, 0.717) is 10.8 Å². The van der Waals surface area contributed by atoms with Gasteiger partial charge in [0.2, 0.25) is 0 Å². The van der Waals surface area contributed by atoms with Gasteiger partial charge in [0, 0.05) is 37.7 Å². The number of hydrogen-bond acceptors (Lipinski definition) is 3. The molecule has 126 valence electrons. The predicted octanol–water partition coefficient (Wildman–Crippen LogP) is 3.06. The quantitative estimate of drug-likeness (QED) is 0.835. The van der Waals surface area contributed by atoms with Crippen LogP contribution in [0.2, 0.25) is 5.02 Å². The molecule has 5 heteroatoms. The predicted molar refractivity (Wildman–Crippen MR) is 95.2 cm³/mol. The van der Waals surface area contributed by atoms with Crippen molar-refractivity contribution < 1.29 is 9.53 Å². The van der Waals surface area contributed by atoms with Gasteiger partial charge in [-0.1, -0.05) is 48.0 Å². The molecule has 0 radical (unpaired) electrons. The highest BCUT2D eigenvalue weighted by Crippen LogP contribution is 2.17. The monoisotopic (exact) mass is 344 g/mol. The zero-order valence-electron chi connectivity index (χ0n) is 13.5. The maximum absolute atomic E-state index is 12.3. The topological polar surface area (TPSA) is 32.8 Å². The van der Waals surface area contributed by atoms with Gasteiger partial charge in [-0.2, -0.15) is 0 Å². The van der Waals surface area contributed by atoms with Gasteiger partial charge in [0.05, 0.1) is 0 Å². The third-order valence-corrected chi connectivity index (χ3v) is 4.37. The minimum Gasteiger partial charge on any atom is -0.484 e. The van der Waals surface area contributed by atoms with Crippen LogP contribution in [0.1, 0.15) is 5.56 Å². The summed E-state index contributed by atoms with van der Waals surface area (Å²) in [6, 6.07) is 17.5. The van der Waals surface area contributed by atoms with Crippen LogP contribution in [0, 0.1) is 0 Å². The standard InChI is InChI=1S/C19H21ClN2O2/c20-17-7-4-8-18(13-17)24-15-19(23)22-11-9-21(10-12-22)14-16-5-2-1-3-6-16/h1-8,13H,9-12,14-15H2. The van der Waals surface area contributed by atoms with Crippen LogP contribution in [-0.4, -0.2) is 48.5 Å². The van der Waals surface area contributed by atoms with E-state index in [9.17, 15) is 4.79 Å². The van der Waals surface area contributed by atoms with Crippen molar-refractivity contribution >= 4 is 17.5 Å². The summed E-state index contributed by atoms with van der Waals surface area (Å²) in [6.07, 6.45) is 0. The maximum Gasteiger partial charge on any atom is 0.260 e. The molecular weight excluding hydrogens is 324 g/mol. The summed E-state index contributed by atoms with van der Waals surface area (Å²) in [7, 11) is 0. The van der Waals surface area contributed by atoms with Crippen molar-refractivity contribution in [3.63, 3.8) is 0 Å². The van der Waals surface area contributed by atoms with E-state index < -0.39 is 0 Å². The van der Waals surface area contributed by atoms with E-state index in [2.05, 4.69) is 29.2 Å². The van der Waals surface area contributed by atoms with Crippen molar-refractivity contribution in [2.45, 2.75) is 6.54 Å². The molecule has 1 aliphatic rings. The van der Waals surface area contributed by atoms with Gasteiger partial charge in [0.1, 0.15) is 5.75 Å². The van der Waals surface area contributed by atoms with E-state index in [-0.39, 0.29) is 12.5 Å². The lowest BCUT2D eigenvalue weighted by molar-refractivity contribution is -0.135. The summed E-state index contributed by atoms with van der Waals surface area (Å²) in [4.78, 5) is 16.5. The van der Waals surface area contributed by atoms with Crippen molar-refractivity contribution in [3.8, 4) is 5.75 Å². The van der Waals surface area contributed by atoms with Crippen LogP contribution in [0.4, 0.5) is 0 Å². The first-order chi connectivity index (χ1) is 11.7. The van der Waals surface area contributed by atoms with Crippen molar-refractivity contribution in [1.29, 1.82) is 0 Å². The average Bonchev–Trinajstić information content (AvgIpc) is 2.61. The minimum absolute atomic E-state index is 0.0225. The molecule has 1 aliphatic heterocycles. The van der Waals surface area contributed by atoms with Gasteiger partial charge in [-0.05, 0) is 23.8 Å². The second kappa shape index (κ2) is 8.18. The van der Waals surface area contributed by atoms with Crippen LogP contribution in [0.5, 0.6) is 5.75 Å². The van der Waals surface area contributed by atoms with Crippen LogP contribution >= 0.6 is 11.6 Å². The molecule has 1 heterocycles. The van der Waals surface area contributed by atoms with Gasteiger partial charge in [-0.3, -0.25) is 9.69 Å². The first-order valence-corrected chi connectivity index (χ1v) is 8.51. The number of carbonyl (C=O) groups excluding carboxylic acids is 1. The Morgan fingerprint density at radius 3 is 2.46 bits per heavy atom. The molecule has 0 atom stereocenters. The molecule has 2 aromatic carbocycles. The summed E-state index contributed by atoms with van der Waals surface area (Å²) < 4.78 is 5.54. The lowest BCUT2D eigenvalue weighted by Gasteiger charge is -2.34. The summed E-state index contributed by atoms with van der Waals surface area (Å²) in [5.74, 6) is 0.646. The Balaban J connectivity index is 1.43. The molecule has 4 nitrogen and oxygen atoms in total. The number of nitrogens with zero attached hydrogens (tertiary/aromatic N) is 2. The van der Waals surface area contributed by atoms with Crippen LogP contribution in [0.15, 0.2) is 54.6 Å². The number of ether oxygens (including phenoxy) is 1. The van der Waals surface area contributed by atoms with E-state index in [1.165, 1.54) is 5.56 Å². The Kier molecular flexibility index (Phi) is 5.72. The molecule has 0 bridgehead atoms. The van der Waals surface area contributed by atoms with Gasteiger partial charge in [-0.25, -0.2) is 0 Å². The highest BCUT2D eigenvalue weighted by atomic mass is 35.5. The van der Waals surface area contributed by atoms with Crippen LogP contribution in [0.25, 0.3) is 0 Å². The fourth-order valence-corrected chi connectivity index (χ4v) is 2.97. The van der Waals surface area contributed by atoms with E-state index in [1.807, 2.05) is 17.0 Å². The third-order valence-electron chi connectivity index (χ3n) is 4.13. The van der Waals surface area contributed by atoms with Crippen LogP contribution in [-0.2, 0) is 11.3 Å². The first-order valence-electron chi connectivity index (χ1n) is 8.13. The lowest BCUT2D eigenvalue weighted by atomic mass is 10.2. The average molecular weight is 345 g/mol. The second-order valence-corrected chi connectivity index (χ2v) is 6.33. The number of carbonyl (C=O) groups is 1. The normalized spacial score (nSPS) is 15.3. The molecule has 1 saturated heterocycles. The number of hydrogen-bond donors (Lipinski definition) is 0. The molecule has 1 fully saturated rings. The van der Waals surface area contributed by atoms with Gasteiger partial charge in [-0.15, -0.1) is 0 Å². The zero-order valence-corrected chi connectivity index (χ0v) is 14.3. The molecule has 0 saturated carbocycles. The SMILES string of the molecule is O=C(COc1cccc(Cl)c1)N1CCN(Cc2ccccc2)CC1. The van der Waals surface area contributed by atoms with E-state index in [0.717, 1.165) is 32.7 Å². The molecule has 0 N–H and O–H groups in total. The summed E-state index contributed by atoms with van der Waals surface area (Å²) in [5.41, 5.74) is 1.31. The van der Waals surface area contributed by atoms with E-state index in [1.54, 1.807) is 18.2 Å². The molecular formula is C19H21ClN2O2. The van der Waals surface area contributed by atoms with Crippen molar-refractivity contribution in [1.82, 2.24) is 9.80 Å². The molecule has 3 rings (SSSR count). The minimum atomic E-state index is 0.0225. The smallest absolute Gasteiger partial charge is 0.260 e. The highest BCUT2D eigenvalue weighted by molar-refractivity contribution is 6.30. The number of benzene rings is 2.